The standard InChI is InChI=1S/C14H10N4/c15-8-11-7-10-3-1-5-13(10)17-14(11)18-6-2-4-12(18)9-16/h2,4,6-7H,1,3,5H2. The summed E-state index contributed by atoms with van der Waals surface area (Å²) in [6.07, 6.45) is 4.81. The van der Waals surface area contributed by atoms with Crippen molar-refractivity contribution in [1.82, 2.24) is 9.55 Å². The van der Waals surface area contributed by atoms with Gasteiger partial charge in [-0.05, 0) is 43.0 Å². The Morgan fingerprint density at radius 1 is 1.22 bits per heavy atom. The molecule has 0 saturated heterocycles. The number of nitrogens with zero attached hydrogens (tertiary/aromatic N) is 4. The first-order chi connectivity index (χ1) is 8.83. The van der Waals surface area contributed by atoms with Crippen LogP contribution in [0.1, 0.15) is 28.9 Å². The second kappa shape index (κ2) is 4.01. The molecule has 0 spiro atoms. The van der Waals surface area contributed by atoms with Crippen molar-refractivity contribution in [3.05, 3.63) is 46.9 Å². The van der Waals surface area contributed by atoms with Gasteiger partial charge in [0.1, 0.15) is 17.8 Å². The molecular formula is C14H10N4. The molecule has 1 aliphatic rings. The minimum atomic E-state index is 0.497. The van der Waals surface area contributed by atoms with E-state index in [-0.39, 0.29) is 0 Å². The van der Waals surface area contributed by atoms with Crippen LogP contribution in [0.15, 0.2) is 24.4 Å². The van der Waals surface area contributed by atoms with Crippen LogP contribution in [0.3, 0.4) is 0 Å². The van der Waals surface area contributed by atoms with Crippen molar-refractivity contribution < 1.29 is 0 Å². The van der Waals surface area contributed by atoms with Crippen molar-refractivity contribution >= 4 is 0 Å². The number of aryl methyl sites for hydroxylation is 2. The van der Waals surface area contributed by atoms with Crippen molar-refractivity contribution in [3.8, 4) is 18.0 Å². The molecule has 4 heteroatoms. The van der Waals surface area contributed by atoms with Crippen molar-refractivity contribution in [1.29, 1.82) is 10.5 Å². The molecule has 0 saturated carbocycles. The topological polar surface area (TPSA) is 65.4 Å². The quantitative estimate of drug-likeness (QED) is 0.759. The lowest BCUT2D eigenvalue weighted by Gasteiger charge is -2.08. The molecule has 2 heterocycles. The first-order valence-corrected chi connectivity index (χ1v) is 5.84. The first kappa shape index (κ1) is 10.6. The summed E-state index contributed by atoms with van der Waals surface area (Å²) in [7, 11) is 0. The molecule has 0 N–H and O–H groups in total. The van der Waals surface area contributed by atoms with Crippen molar-refractivity contribution in [2.24, 2.45) is 0 Å². The summed E-state index contributed by atoms with van der Waals surface area (Å²) >= 11 is 0. The predicted molar refractivity (Wildman–Crippen MR) is 65.0 cm³/mol. The van der Waals surface area contributed by atoms with Gasteiger partial charge in [-0.25, -0.2) is 4.98 Å². The molecule has 0 atom stereocenters. The number of hydrogen-bond donors (Lipinski definition) is 0. The monoisotopic (exact) mass is 234 g/mol. The predicted octanol–water partition coefficient (Wildman–Crippen LogP) is 2.10. The Hall–Kier alpha value is -2.59. The maximum absolute atomic E-state index is 9.23. The van der Waals surface area contributed by atoms with Crippen LogP contribution in [0, 0.1) is 22.7 Å². The molecule has 2 aromatic rings. The molecule has 0 aliphatic heterocycles. The molecule has 4 nitrogen and oxygen atoms in total. The Kier molecular flexibility index (Phi) is 2.35. The maximum Gasteiger partial charge on any atom is 0.155 e. The molecule has 2 aromatic heterocycles. The van der Waals surface area contributed by atoms with Crippen molar-refractivity contribution in [3.63, 3.8) is 0 Å². The van der Waals surface area contributed by atoms with Crippen LogP contribution in [0.4, 0.5) is 0 Å². The van der Waals surface area contributed by atoms with Gasteiger partial charge in [0.25, 0.3) is 0 Å². The fraction of sp³-hybridized carbons (Fsp3) is 0.214. The summed E-state index contributed by atoms with van der Waals surface area (Å²) in [4.78, 5) is 4.56. The van der Waals surface area contributed by atoms with E-state index >= 15 is 0 Å². The summed E-state index contributed by atoms with van der Waals surface area (Å²) in [6, 6.07) is 9.69. The molecule has 0 aromatic carbocycles. The number of rotatable bonds is 1. The van der Waals surface area contributed by atoms with Gasteiger partial charge in [0.05, 0.1) is 5.56 Å². The molecule has 0 bridgehead atoms. The second-order valence-electron chi connectivity index (χ2n) is 4.31. The summed E-state index contributed by atoms with van der Waals surface area (Å²) < 4.78 is 1.68. The fourth-order valence-electron chi connectivity index (χ4n) is 2.38. The van der Waals surface area contributed by atoms with E-state index in [1.807, 2.05) is 6.07 Å². The van der Waals surface area contributed by atoms with Gasteiger partial charge in [0, 0.05) is 11.9 Å². The Morgan fingerprint density at radius 2 is 2.11 bits per heavy atom. The number of fused-ring (bicyclic) bond motifs is 1. The van der Waals surface area contributed by atoms with E-state index in [2.05, 4.69) is 17.1 Å². The number of hydrogen-bond acceptors (Lipinski definition) is 3. The number of nitriles is 2. The molecule has 0 fully saturated rings. The molecule has 0 amide bonds. The van der Waals surface area contributed by atoms with E-state index < -0.39 is 0 Å². The average Bonchev–Trinajstić information content (AvgIpc) is 3.04. The van der Waals surface area contributed by atoms with Gasteiger partial charge in [0.2, 0.25) is 0 Å². The molecule has 86 valence electrons. The molecule has 18 heavy (non-hydrogen) atoms. The number of pyridine rings is 1. The van der Waals surface area contributed by atoms with Crippen LogP contribution in [-0.4, -0.2) is 9.55 Å². The maximum atomic E-state index is 9.23. The van der Waals surface area contributed by atoms with Crippen LogP contribution in [-0.2, 0) is 12.8 Å². The lowest BCUT2D eigenvalue weighted by Crippen LogP contribution is -2.05. The van der Waals surface area contributed by atoms with Gasteiger partial charge >= 0.3 is 0 Å². The van der Waals surface area contributed by atoms with Crippen LogP contribution in [0.5, 0.6) is 0 Å². The van der Waals surface area contributed by atoms with Gasteiger partial charge in [0.15, 0.2) is 5.82 Å². The van der Waals surface area contributed by atoms with Crippen LogP contribution >= 0.6 is 0 Å². The third-order valence-electron chi connectivity index (χ3n) is 3.24. The van der Waals surface area contributed by atoms with E-state index in [1.165, 1.54) is 5.56 Å². The van der Waals surface area contributed by atoms with E-state index in [4.69, 9.17) is 5.26 Å². The number of aromatic nitrogens is 2. The van der Waals surface area contributed by atoms with Gasteiger partial charge in [-0.2, -0.15) is 10.5 Å². The Morgan fingerprint density at radius 3 is 2.89 bits per heavy atom. The molecule has 0 radical (unpaired) electrons. The fourth-order valence-corrected chi connectivity index (χ4v) is 2.38. The van der Waals surface area contributed by atoms with Gasteiger partial charge < -0.3 is 0 Å². The Balaban J connectivity index is 2.24. The Bertz CT molecular complexity index is 698. The molecule has 3 rings (SSSR count). The summed E-state index contributed by atoms with van der Waals surface area (Å²) in [5, 5.41) is 18.3. The highest BCUT2D eigenvalue weighted by molar-refractivity contribution is 5.50. The summed E-state index contributed by atoms with van der Waals surface area (Å²) in [5.41, 5.74) is 3.25. The lowest BCUT2D eigenvalue weighted by molar-refractivity contribution is 0.890. The van der Waals surface area contributed by atoms with E-state index in [9.17, 15) is 5.26 Å². The molecular weight excluding hydrogens is 224 g/mol. The highest BCUT2D eigenvalue weighted by Crippen LogP contribution is 2.25. The highest BCUT2D eigenvalue weighted by Gasteiger charge is 2.18. The summed E-state index contributed by atoms with van der Waals surface area (Å²) in [5.74, 6) is 0.569. The normalized spacial score (nSPS) is 12.8. The summed E-state index contributed by atoms with van der Waals surface area (Å²) in [6.45, 7) is 0. The minimum Gasteiger partial charge on any atom is -0.291 e. The van der Waals surface area contributed by atoms with Crippen molar-refractivity contribution in [2.75, 3.05) is 0 Å². The average molecular weight is 234 g/mol. The van der Waals surface area contributed by atoms with Gasteiger partial charge in [-0.3, -0.25) is 4.57 Å². The zero-order chi connectivity index (χ0) is 12.5. The largest absolute Gasteiger partial charge is 0.291 e. The van der Waals surface area contributed by atoms with E-state index in [0.717, 1.165) is 25.0 Å². The highest BCUT2D eigenvalue weighted by atomic mass is 15.1. The SMILES string of the molecule is N#Cc1cc2c(nc1-n1cccc1C#N)CCC2. The molecule has 1 aliphatic carbocycles. The van der Waals surface area contributed by atoms with Gasteiger partial charge in [-0.15, -0.1) is 0 Å². The van der Waals surface area contributed by atoms with Crippen molar-refractivity contribution in [2.45, 2.75) is 19.3 Å². The smallest absolute Gasteiger partial charge is 0.155 e. The zero-order valence-electron chi connectivity index (χ0n) is 9.72. The second-order valence-corrected chi connectivity index (χ2v) is 4.31. The zero-order valence-corrected chi connectivity index (χ0v) is 9.72. The van der Waals surface area contributed by atoms with Crippen LogP contribution < -0.4 is 0 Å². The van der Waals surface area contributed by atoms with E-state index in [1.54, 1.807) is 22.9 Å². The molecule has 0 unspecified atom stereocenters. The third kappa shape index (κ3) is 1.48. The van der Waals surface area contributed by atoms with Crippen LogP contribution in [0.2, 0.25) is 0 Å². The van der Waals surface area contributed by atoms with E-state index in [0.29, 0.717) is 17.1 Å². The minimum absolute atomic E-state index is 0.497. The lowest BCUT2D eigenvalue weighted by atomic mass is 10.1. The third-order valence-corrected chi connectivity index (χ3v) is 3.24. The first-order valence-electron chi connectivity index (χ1n) is 5.84. The van der Waals surface area contributed by atoms with Crippen LogP contribution in [0.25, 0.3) is 5.82 Å². The Labute approximate surface area is 105 Å². The van der Waals surface area contributed by atoms with Gasteiger partial charge in [-0.1, -0.05) is 0 Å².